The van der Waals surface area contributed by atoms with Gasteiger partial charge in [0.25, 0.3) is 0 Å². The van der Waals surface area contributed by atoms with Gasteiger partial charge in [-0.05, 0) is 43.2 Å². The van der Waals surface area contributed by atoms with Crippen LogP contribution in [0.15, 0.2) is 18.2 Å². The number of hydrogen-bond acceptors (Lipinski definition) is 3. The van der Waals surface area contributed by atoms with E-state index in [0.29, 0.717) is 17.5 Å². The molecule has 4 nitrogen and oxygen atoms in total. The summed E-state index contributed by atoms with van der Waals surface area (Å²) >= 11 is 0. The summed E-state index contributed by atoms with van der Waals surface area (Å²) in [5.41, 5.74) is 6.75. The Morgan fingerprint density at radius 2 is 2.10 bits per heavy atom. The number of carbonyl (C=O) groups is 1. The fourth-order valence-corrected chi connectivity index (χ4v) is 3.92. The number of halogens is 1. The predicted octanol–water partition coefficient (Wildman–Crippen LogP) is 2.17. The summed E-state index contributed by atoms with van der Waals surface area (Å²) in [6, 6.07) is 4.50. The van der Waals surface area contributed by atoms with Crippen molar-refractivity contribution in [1.82, 2.24) is 0 Å². The van der Waals surface area contributed by atoms with Gasteiger partial charge in [0.1, 0.15) is 0 Å². The van der Waals surface area contributed by atoms with Gasteiger partial charge in [-0.25, -0.2) is 4.39 Å². The molecule has 2 N–H and O–H groups in total. The summed E-state index contributed by atoms with van der Waals surface area (Å²) in [5.74, 6) is 0.453. The lowest BCUT2D eigenvalue weighted by Crippen LogP contribution is -2.46. The Balaban J connectivity index is 1.80. The monoisotopic (exact) mass is 292 g/mol. The number of nitrogens with zero attached hydrogens (tertiary/aromatic N) is 1. The number of fused-ring (bicyclic) bond motifs is 2. The van der Waals surface area contributed by atoms with Gasteiger partial charge in [0.05, 0.1) is 13.0 Å². The first-order valence-corrected chi connectivity index (χ1v) is 7.39. The van der Waals surface area contributed by atoms with E-state index in [2.05, 4.69) is 0 Å². The second kappa shape index (κ2) is 5.30. The fourth-order valence-electron chi connectivity index (χ4n) is 3.92. The summed E-state index contributed by atoms with van der Waals surface area (Å²) in [5, 5.41) is 0. The van der Waals surface area contributed by atoms with Crippen LogP contribution in [0, 0.1) is 23.6 Å². The number of carbonyl (C=O) groups excluding carboxylic acids is 1. The minimum absolute atomic E-state index is 0.000679. The van der Waals surface area contributed by atoms with Crippen molar-refractivity contribution < 1.29 is 13.9 Å². The van der Waals surface area contributed by atoms with Crippen molar-refractivity contribution in [1.29, 1.82) is 0 Å². The van der Waals surface area contributed by atoms with Gasteiger partial charge in [0, 0.05) is 24.8 Å². The van der Waals surface area contributed by atoms with Crippen molar-refractivity contribution in [2.75, 3.05) is 19.1 Å². The normalized spacial score (nSPS) is 30.5. The number of hydrogen-bond donors (Lipinski definition) is 1. The molecule has 0 aliphatic heterocycles. The number of rotatable bonds is 3. The maximum Gasteiger partial charge on any atom is 0.231 e. The maximum absolute atomic E-state index is 13.8. The van der Waals surface area contributed by atoms with E-state index in [9.17, 15) is 9.18 Å². The molecular formula is C16H21FN2O2. The van der Waals surface area contributed by atoms with Gasteiger partial charge in [-0.15, -0.1) is 0 Å². The van der Waals surface area contributed by atoms with E-state index in [1.165, 1.54) is 24.1 Å². The number of nitrogens with two attached hydrogens (primary N) is 1. The molecule has 2 aliphatic carbocycles. The lowest BCUT2D eigenvalue weighted by molar-refractivity contribution is -0.124. The highest BCUT2D eigenvalue weighted by molar-refractivity contribution is 5.95. The molecule has 1 aromatic rings. The lowest BCUT2D eigenvalue weighted by atomic mass is 9.84. The highest BCUT2D eigenvalue weighted by atomic mass is 19.1. The third kappa shape index (κ3) is 2.29. The van der Waals surface area contributed by atoms with Crippen LogP contribution in [0.3, 0.4) is 0 Å². The summed E-state index contributed by atoms with van der Waals surface area (Å²) in [6.45, 7) is 0. The molecule has 4 unspecified atom stereocenters. The average Bonchev–Trinajstić information content (AvgIpc) is 3.06. The second-order valence-corrected chi connectivity index (χ2v) is 6.15. The number of benzene rings is 1. The minimum Gasteiger partial charge on any atom is -0.494 e. The molecule has 0 heterocycles. The van der Waals surface area contributed by atoms with E-state index in [4.69, 9.17) is 10.5 Å². The van der Waals surface area contributed by atoms with E-state index in [1.807, 2.05) is 0 Å². The topological polar surface area (TPSA) is 55.6 Å². The smallest absolute Gasteiger partial charge is 0.231 e. The molecule has 0 radical (unpaired) electrons. The summed E-state index contributed by atoms with van der Waals surface area (Å²) in [4.78, 5) is 14.2. The summed E-state index contributed by atoms with van der Waals surface area (Å²) < 4.78 is 18.7. The molecule has 5 heteroatoms. The Hall–Kier alpha value is -1.62. The second-order valence-electron chi connectivity index (χ2n) is 6.15. The van der Waals surface area contributed by atoms with Crippen LogP contribution >= 0.6 is 0 Å². The van der Waals surface area contributed by atoms with Gasteiger partial charge in [0.15, 0.2) is 11.6 Å². The Labute approximate surface area is 124 Å². The van der Waals surface area contributed by atoms with Crippen LogP contribution in [-0.4, -0.2) is 26.1 Å². The molecule has 0 aromatic heterocycles. The third-order valence-corrected chi connectivity index (χ3v) is 5.12. The number of amides is 1. The standard InChI is InChI=1S/C16H21FN2O2/c1-19(11-5-6-13(21-2)12(17)8-11)16(20)14-9-3-4-10(7-9)15(14)18/h5-6,8-10,14-15H,3-4,7,18H2,1-2H3. The first kappa shape index (κ1) is 14.3. The molecule has 2 bridgehead atoms. The number of methoxy groups -OCH3 is 1. The summed E-state index contributed by atoms with van der Waals surface area (Å²) in [6.07, 6.45) is 3.28. The zero-order chi connectivity index (χ0) is 15.1. The van der Waals surface area contributed by atoms with Crippen LogP contribution in [0.1, 0.15) is 19.3 Å². The quantitative estimate of drug-likeness (QED) is 0.929. The molecule has 4 atom stereocenters. The molecule has 2 aliphatic rings. The number of anilines is 1. The van der Waals surface area contributed by atoms with Gasteiger partial charge < -0.3 is 15.4 Å². The van der Waals surface area contributed by atoms with Crippen LogP contribution < -0.4 is 15.4 Å². The van der Waals surface area contributed by atoms with Crippen LogP contribution in [0.4, 0.5) is 10.1 Å². The van der Waals surface area contributed by atoms with E-state index in [1.54, 1.807) is 13.1 Å². The Morgan fingerprint density at radius 1 is 1.38 bits per heavy atom. The molecular weight excluding hydrogens is 271 g/mol. The Morgan fingerprint density at radius 3 is 2.67 bits per heavy atom. The van der Waals surface area contributed by atoms with E-state index in [0.717, 1.165) is 19.3 Å². The maximum atomic E-state index is 13.8. The minimum atomic E-state index is -0.466. The zero-order valence-corrected chi connectivity index (χ0v) is 12.4. The van der Waals surface area contributed by atoms with Crippen LogP contribution in [0.25, 0.3) is 0 Å². The van der Waals surface area contributed by atoms with Gasteiger partial charge in [-0.3, -0.25) is 4.79 Å². The van der Waals surface area contributed by atoms with Crippen molar-refractivity contribution in [2.24, 2.45) is 23.5 Å². The largest absolute Gasteiger partial charge is 0.494 e. The van der Waals surface area contributed by atoms with Crippen molar-refractivity contribution >= 4 is 11.6 Å². The molecule has 114 valence electrons. The first-order chi connectivity index (χ1) is 10.0. The molecule has 1 amide bonds. The predicted molar refractivity (Wildman–Crippen MR) is 78.7 cm³/mol. The lowest BCUT2D eigenvalue weighted by Gasteiger charge is -2.30. The molecule has 2 saturated carbocycles. The highest BCUT2D eigenvalue weighted by Crippen LogP contribution is 2.48. The SMILES string of the molecule is COc1ccc(N(C)C(=O)C2C3CCC(C3)C2N)cc1F. The van der Waals surface area contributed by atoms with Crippen molar-refractivity contribution in [3.8, 4) is 5.75 Å². The van der Waals surface area contributed by atoms with Crippen LogP contribution in [0.5, 0.6) is 5.75 Å². The van der Waals surface area contributed by atoms with E-state index in [-0.39, 0.29) is 23.6 Å². The van der Waals surface area contributed by atoms with Crippen molar-refractivity contribution in [2.45, 2.75) is 25.3 Å². The third-order valence-electron chi connectivity index (χ3n) is 5.12. The van der Waals surface area contributed by atoms with Gasteiger partial charge in [-0.2, -0.15) is 0 Å². The van der Waals surface area contributed by atoms with Crippen LogP contribution in [-0.2, 0) is 4.79 Å². The molecule has 0 saturated heterocycles. The van der Waals surface area contributed by atoms with Gasteiger partial charge in [-0.1, -0.05) is 0 Å². The fraction of sp³-hybridized carbons (Fsp3) is 0.562. The average molecular weight is 292 g/mol. The molecule has 1 aromatic carbocycles. The molecule has 21 heavy (non-hydrogen) atoms. The Bertz CT molecular complexity index is 561. The van der Waals surface area contributed by atoms with Gasteiger partial charge >= 0.3 is 0 Å². The molecule has 3 rings (SSSR count). The Kier molecular flexibility index (Phi) is 3.61. The van der Waals surface area contributed by atoms with Crippen molar-refractivity contribution in [3.05, 3.63) is 24.0 Å². The summed E-state index contributed by atoms with van der Waals surface area (Å²) in [7, 11) is 3.10. The van der Waals surface area contributed by atoms with Crippen LogP contribution in [0.2, 0.25) is 0 Å². The van der Waals surface area contributed by atoms with Crippen molar-refractivity contribution in [3.63, 3.8) is 0 Å². The number of ether oxygens (including phenoxy) is 1. The zero-order valence-electron chi connectivity index (χ0n) is 12.4. The van der Waals surface area contributed by atoms with Gasteiger partial charge in [0.2, 0.25) is 5.91 Å². The highest BCUT2D eigenvalue weighted by Gasteiger charge is 2.49. The van der Waals surface area contributed by atoms with E-state index >= 15 is 0 Å². The van der Waals surface area contributed by atoms with E-state index < -0.39 is 5.82 Å². The molecule has 2 fully saturated rings. The first-order valence-electron chi connectivity index (χ1n) is 7.39. The molecule has 0 spiro atoms.